The van der Waals surface area contributed by atoms with Crippen molar-refractivity contribution < 1.29 is 9.47 Å². The zero-order valence-corrected chi connectivity index (χ0v) is 12.4. The van der Waals surface area contributed by atoms with Crippen molar-refractivity contribution in [3.63, 3.8) is 0 Å². The fourth-order valence-corrected chi connectivity index (χ4v) is 2.94. The first-order chi connectivity index (χ1) is 10.9. The van der Waals surface area contributed by atoms with Gasteiger partial charge in [-0.1, -0.05) is 6.07 Å². The number of anilines is 1. The van der Waals surface area contributed by atoms with Crippen LogP contribution < -0.4 is 20.1 Å². The summed E-state index contributed by atoms with van der Waals surface area (Å²) in [6.45, 7) is 5.00. The lowest BCUT2D eigenvalue weighted by atomic mass is 10.1. The Morgan fingerprint density at radius 2 is 2.14 bits per heavy atom. The predicted molar refractivity (Wildman–Crippen MR) is 83.3 cm³/mol. The minimum absolute atomic E-state index is 0.546. The molecule has 3 heterocycles. The Labute approximate surface area is 129 Å². The predicted octanol–water partition coefficient (Wildman–Crippen LogP) is 1.49. The maximum atomic E-state index is 5.62. The van der Waals surface area contributed by atoms with Crippen LogP contribution >= 0.6 is 0 Å². The average Bonchev–Trinajstić information content (AvgIpc) is 3.02. The maximum Gasteiger partial charge on any atom is 0.161 e. The third kappa shape index (κ3) is 2.74. The highest BCUT2D eigenvalue weighted by Gasteiger charge is 2.18. The van der Waals surface area contributed by atoms with E-state index in [1.807, 2.05) is 23.0 Å². The van der Waals surface area contributed by atoms with Crippen LogP contribution in [-0.2, 0) is 13.1 Å². The average molecular weight is 300 g/mol. The molecule has 0 saturated heterocycles. The number of aromatic nitrogens is 2. The van der Waals surface area contributed by atoms with Gasteiger partial charge in [0, 0.05) is 38.2 Å². The molecule has 0 bridgehead atoms. The number of fused-ring (bicyclic) bond motifs is 2. The number of hydrogen-bond acceptors (Lipinski definition) is 5. The van der Waals surface area contributed by atoms with Crippen molar-refractivity contribution in [2.75, 3.05) is 31.6 Å². The van der Waals surface area contributed by atoms with E-state index >= 15 is 0 Å². The molecule has 0 amide bonds. The van der Waals surface area contributed by atoms with Gasteiger partial charge in [-0.15, -0.1) is 0 Å². The van der Waals surface area contributed by atoms with Gasteiger partial charge in [-0.25, -0.2) is 4.68 Å². The fourth-order valence-electron chi connectivity index (χ4n) is 2.94. The standard InChI is InChI=1S/C16H20N4O2/c1-2-14-15(22-6-5-21-14)7-12(1)8-17-9-13-10-18-16-3-4-19-20(16)11-13/h1-4,7,13,17-18H,5-6,8-11H2/t13-/m0/s1. The van der Waals surface area contributed by atoms with Crippen LogP contribution in [-0.4, -0.2) is 36.1 Å². The smallest absolute Gasteiger partial charge is 0.161 e. The summed E-state index contributed by atoms with van der Waals surface area (Å²) in [7, 11) is 0. The van der Waals surface area contributed by atoms with Crippen molar-refractivity contribution in [2.45, 2.75) is 13.1 Å². The van der Waals surface area contributed by atoms with E-state index in [0.717, 1.165) is 43.5 Å². The summed E-state index contributed by atoms with van der Waals surface area (Å²) in [6.07, 6.45) is 1.84. The Bertz CT molecular complexity index is 655. The third-order valence-electron chi connectivity index (χ3n) is 4.09. The molecule has 0 unspecified atom stereocenters. The molecule has 2 N–H and O–H groups in total. The molecule has 4 rings (SSSR count). The normalized spacial score (nSPS) is 19.4. The maximum absolute atomic E-state index is 5.62. The van der Waals surface area contributed by atoms with Gasteiger partial charge in [0.05, 0.1) is 6.20 Å². The van der Waals surface area contributed by atoms with Crippen LogP contribution in [0.4, 0.5) is 5.82 Å². The molecule has 0 saturated carbocycles. The highest BCUT2D eigenvalue weighted by Crippen LogP contribution is 2.30. The van der Waals surface area contributed by atoms with Crippen LogP contribution in [0.1, 0.15) is 5.56 Å². The van der Waals surface area contributed by atoms with Crippen LogP contribution in [0.5, 0.6) is 11.5 Å². The van der Waals surface area contributed by atoms with Crippen LogP contribution in [0.3, 0.4) is 0 Å². The number of ether oxygens (including phenoxy) is 2. The minimum atomic E-state index is 0.546. The largest absolute Gasteiger partial charge is 0.486 e. The van der Waals surface area contributed by atoms with Crippen LogP contribution in [0, 0.1) is 5.92 Å². The van der Waals surface area contributed by atoms with Gasteiger partial charge in [-0.3, -0.25) is 0 Å². The zero-order valence-electron chi connectivity index (χ0n) is 12.4. The van der Waals surface area contributed by atoms with Crippen molar-refractivity contribution in [3.05, 3.63) is 36.0 Å². The summed E-state index contributed by atoms with van der Waals surface area (Å²) in [4.78, 5) is 0. The molecule has 1 aromatic heterocycles. The Kier molecular flexibility index (Phi) is 3.60. The monoisotopic (exact) mass is 300 g/mol. The molecule has 1 aromatic carbocycles. The SMILES string of the molecule is c1cc2n(n1)C[C@@H](CNCc1ccc3c(c1)OCCO3)CN2. The summed E-state index contributed by atoms with van der Waals surface area (Å²) in [5.74, 6) is 3.36. The second kappa shape index (κ2) is 5.88. The molecule has 22 heavy (non-hydrogen) atoms. The van der Waals surface area contributed by atoms with Gasteiger partial charge in [-0.2, -0.15) is 5.10 Å². The van der Waals surface area contributed by atoms with Gasteiger partial charge in [0.2, 0.25) is 0 Å². The number of nitrogens with one attached hydrogen (secondary N) is 2. The van der Waals surface area contributed by atoms with E-state index in [0.29, 0.717) is 19.1 Å². The summed E-state index contributed by atoms with van der Waals surface area (Å²) in [6, 6.07) is 8.15. The van der Waals surface area contributed by atoms with E-state index in [1.165, 1.54) is 5.56 Å². The van der Waals surface area contributed by atoms with Gasteiger partial charge in [0.25, 0.3) is 0 Å². The van der Waals surface area contributed by atoms with Crippen molar-refractivity contribution in [1.82, 2.24) is 15.1 Å². The van der Waals surface area contributed by atoms with E-state index in [4.69, 9.17) is 9.47 Å². The third-order valence-corrected chi connectivity index (χ3v) is 4.09. The Morgan fingerprint density at radius 1 is 1.23 bits per heavy atom. The van der Waals surface area contributed by atoms with Crippen LogP contribution in [0.25, 0.3) is 0 Å². The van der Waals surface area contributed by atoms with E-state index in [-0.39, 0.29) is 0 Å². The highest BCUT2D eigenvalue weighted by molar-refractivity contribution is 5.43. The first kappa shape index (κ1) is 13.5. The Morgan fingerprint density at radius 3 is 3.09 bits per heavy atom. The number of hydrogen-bond donors (Lipinski definition) is 2. The topological polar surface area (TPSA) is 60.3 Å². The molecule has 2 aromatic rings. The molecule has 6 heteroatoms. The van der Waals surface area contributed by atoms with E-state index in [9.17, 15) is 0 Å². The van der Waals surface area contributed by atoms with E-state index in [2.05, 4.69) is 27.9 Å². The molecule has 0 aliphatic carbocycles. The first-order valence-corrected chi connectivity index (χ1v) is 7.73. The fraction of sp³-hybridized carbons (Fsp3) is 0.438. The van der Waals surface area contributed by atoms with Gasteiger partial charge >= 0.3 is 0 Å². The van der Waals surface area contributed by atoms with Crippen molar-refractivity contribution in [3.8, 4) is 11.5 Å². The molecule has 2 aliphatic heterocycles. The van der Waals surface area contributed by atoms with E-state index in [1.54, 1.807) is 0 Å². The lowest BCUT2D eigenvalue weighted by Crippen LogP contribution is -2.35. The molecule has 0 spiro atoms. The molecule has 0 radical (unpaired) electrons. The van der Waals surface area contributed by atoms with Gasteiger partial charge in [-0.05, 0) is 17.7 Å². The van der Waals surface area contributed by atoms with Crippen molar-refractivity contribution in [2.24, 2.45) is 5.92 Å². The molecule has 1 atom stereocenters. The zero-order chi connectivity index (χ0) is 14.8. The van der Waals surface area contributed by atoms with Gasteiger partial charge in [0.15, 0.2) is 11.5 Å². The lowest BCUT2D eigenvalue weighted by molar-refractivity contribution is 0.171. The molecular formula is C16H20N4O2. The number of nitrogens with zero attached hydrogens (tertiary/aromatic N) is 2. The molecule has 0 fully saturated rings. The summed E-state index contributed by atoms with van der Waals surface area (Å²) in [5.41, 5.74) is 1.22. The first-order valence-electron chi connectivity index (χ1n) is 7.73. The van der Waals surface area contributed by atoms with Crippen molar-refractivity contribution >= 4 is 5.82 Å². The summed E-state index contributed by atoms with van der Waals surface area (Å²) in [5, 5.41) is 11.2. The lowest BCUT2D eigenvalue weighted by Gasteiger charge is -2.25. The molecule has 2 aliphatic rings. The Balaban J connectivity index is 1.30. The molecule has 116 valence electrons. The number of benzene rings is 1. The summed E-state index contributed by atoms with van der Waals surface area (Å²) < 4.78 is 13.2. The second-order valence-corrected chi connectivity index (χ2v) is 5.75. The number of rotatable bonds is 4. The van der Waals surface area contributed by atoms with Crippen molar-refractivity contribution in [1.29, 1.82) is 0 Å². The Hall–Kier alpha value is -2.21. The van der Waals surface area contributed by atoms with Gasteiger partial charge in [0.1, 0.15) is 19.0 Å². The van der Waals surface area contributed by atoms with E-state index < -0.39 is 0 Å². The highest BCUT2D eigenvalue weighted by atomic mass is 16.6. The minimum Gasteiger partial charge on any atom is -0.486 e. The van der Waals surface area contributed by atoms with Gasteiger partial charge < -0.3 is 20.1 Å². The molecule has 6 nitrogen and oxygen atoms in total. The van der Waals surface area contributed by atoms with Crippen LogP contribution in [0.15, 0.2) is 30.5 Å². The second-order valence-electron chi connectivity index (χ2n) is 5.75. The van der Waals surface area contributed by atoms with Crippen LogP contribution in [0.2, 0.25) is 0 Å². The summed E-state index contributed by atoms with van der Waals surface area (Å²) >= 11 is 0. The molecular weight excluding hydrogens is 280 g/mol. The quantitative estimate of drug-likeness (QED) is 0.896.